The zero-order valence-electron chi connectivity index (χ0n) is 46.0. The number of hydrogen-bond acceptors (Lipinski definition) is 5. The Morgan fingerprint density at radius 3 is 1.41 bits per heavy atom. The molecule has 2 N–H and O–H groups in total. The predicted molar refractivity (Wildman–Crippen MR) is 330 cm³/mol. The second-order valence-corrected chi connectivity index (χ2v) is 21.1. The predicted octanol–water partition coefficient (Wildman–Crippen LogP) is 16.6. The summed E-state index contributed by atoms with van der Waals surface area (Å²) in [5.74, 6) is -1.80. The van der Waals surface area contributed by atoms with Crippen molar-refractivity contribution in [3.8, 4) is 0 Å². The fraction of sp³-hybridized carbons (Fsp3) is 0.194. The van der Waals surface area contributed by atoms with Crippen LogP contribution >= 0.6 is 0 Å². The summed E-state index contributed by atoms with van der Waals surface area (Å²) in [5, 5.41) is 30.4. The highest BCUT2D eigenvalue weighted by atomic mass is 16.3. The molecule has 0 aromatic heterocycles. The Morgan fingerprint density at radius 1 is 0.500 bits per heavy atom. The molecule has 80 heavy (non-hydrogen) atoms. The number of carbonyl (C=O) groups excluding carboxylic acids is 3. The van der Waals surface area contributed by atoms with Crippen LogP contribution in [-0.2, 0) is 14.4 Å². The van der Waals surface area contributed by atoms with Crippen LogP contribution < -0.4 is 25.2 Å². The Bertz CT molecular complexity index is 3900. The molecule has 0 bridgehead atoms. The van der Waals surface area contributed by atoms with Crippen molar-refractivity contribution in [3.05, 3.63) is 234 Å². The van der Waals surface area contributed by atoms with Crippen molar-refractivity contribution >= 4 is 106 Å². The molecule has 2 atom stereocenters. The van der Waals surface area contributed by atoms with E-state index in [1.165, 1.54) is 0 Å². The topological polar surface area (TPSA) is 105 Å². The maximum absolute atomic E-state index is 15.2. The van der Waals surface area contributed by atoms with Gasteiger partial charge in [0.25, 0.3) is 0 Å². The first-order valence-electron chi connectivity index (χ1n) is 28.4. The van der Waals surface area contributed by atoms with Crippen molar-refractivity contribution in [2.75, 3.05) is 10.2 Å². The van der Waals surface area contributed by atoms with E-state index in [9.17, 15) is 9.59 Å². The van der Waals surface area contributed by atoms with Crippen LogP contribution in [0.3, 0.4) is 0 Å². The maximum atomic E-state index is 15.2. The van der Waals surface area contributed by atoms with Crippen molar-refractivity contribution in [1.82, 2.24) is 9.89 Å². The van der Waals surface area contributed by atoms with E-state index in [2.05, 4.69) is 155 Å². The molecule has 2 amide bonds. The third-order valence-corrected chi connectivity index (χ3v) is 16.0. The number of allylic oxidation sites excluding steroid dienone is 5. The first kappa shape index (κ1) is 52.9. The summed E-state index contributed by atoms with van der Waals surface area (Å²) in [5.41, 5.74) is 6.45. The molecule has 0 heterocycles. The number of hydrogen-bond donors (Lipinski definition) is 2. The fourth-order valence-electron chi connectivity index (χ4n) is 11.4. The van der Waals surface area contributed by atoms with Crippen LogP contribution in [0.4, 0.5) is 34.1 Å². The van der Waals surface area contributed by atoms with E-state index in [1.807, 2.05) is 86.7 Å². The zero-order chi connectivity index (χ0) is 55.3. The molecule has 0 fully saturated rings. The van der Waals surface area contributed by atoms with Gasteiger partial charge in [-0.1, -0.05) is 174 Å². The third kappa shape index (κ3) is 10.6. The van der Waals surface area contributed by atoms with Gasteiger partial charge in [-0.15, -0.1) is 0 Å². The third-order valence-electron chi connectivity index (χ3n) is 16.0. The molecule has 0 saturated heterocycles. The number of carbonyl (C=O) groups is 3. The molecule has 8 heteroatoms. The number of benzene rings is 9. The molecule has 2 unspecified atom stereocenters. The smallest absolute Gasteiger partial charge is 0.227 e. The molecule has 0 saturated carbocycles. The minimum absolute atomic E-state index is 0.0175. The number of nitrogens with one attached hydrogen (secondary N) is 2. The van der Waals surface area contributed by atoms with Gasteiger partial charge in [0.05, 0.1) is 11.4 Å². The van der Waals surface area contributed by atoms with Crippen LogP contribution in [0.25, 0.3) is 48.7 Å². The number of rotatable bonds is 18. The average Bonchev–Trinajstić information content (AvgIpc) is 3.65. The van der Waals surface area contributed by atoms with Crippen molar-refractivity contribution in [2.45, 2.75) is 79.1 Å². The van der Waals surface area contributed by atoms with Crippen molar-refractivity contribution in [3.63, 3.8) is 0 Å². The lowest BCUT2D eigenvalue weighted by molar-refractivity contribution is -0.297. The Hall–Kier alpha value is -9.14. The van der Waals surface area contributed by atoms with Gasteiger partial charge in [0, 0.05) is 87.6 Å². The lowest BCUT2D eigenvalue weighted by atomic mass is 9.78. The number of ketones is 1. The van der Waals surface area contributed by atoms with E-state index in [-0.39, 0.29) is 34.8 Å². The standard InChI is InChI=1S/C72H66N4O4/c1-5-9-19-47(7-3)71(79)73-65-45-61(75(57-33-29-49-21-11-15-25-53(49)41-57)58-34-30-50-22-12-16-26-54(50)42-58)37-39-63(65)67-69(77)68(70(67)78)64-40-38-62(46-66(64)74-72(80)48(8-4)20-10-6-2)76(59-35-31-51-23-13-17-27-55(51)43-59)60-36-32-52-24-14-18-28-56(52)44-60/h11-18,21-48H,5-10,19-20H2,1-4H3,(H2,73,74,77,78,79,80). The summed E-state index contributed by atoms with van der Waals surface area (Å²) in [6.45, 7) is 8.27. The lowest BCUT2D eigenvalue weighted by Crippen LogP contribution is -2.36. The number of fused-ring (bicyclic) bond motifs is 4. The van der Waals surface area contributed by atoms with Crippen LogP contribution in [-0.4, -0.2) is 23.3 Å². The molecule has 2 aliphatic carbocycles. The lowest BCUT2D eigenvalue weighted by Gasteiger charge is -2.35. The molecule has 398 valence electrons. The molecule has 8 nitrogen and oxygen atoms in total. The van der Waals surface area contributed by atoms with Gasteiger partial charge in [-0.05, 0) is 123 Å². The second kappa shape index (κ2) is 23.4. The highest BCUT2D eigenvalue weighted by Crippen LogP contribution is 2.45. The molecule has 2 aliphatic rings. The summed E-state index contributed by atoms with van der Waals surface area (Å²) < 4.78 is 2.15. The minimum atomic E-state index is -0.459. The van der Waals surface area contributed by atoms with E-state index in [4.69, 9.17) is 0 Å². The highest BCUT2D eigenvalue weighted by molar-refractivity contribution is 6.40. The van der Waals surface area contributed by atoms with Gasteiger partial charge < -0.3 is 20.6 Å². The Kier molecular flexibility index (Phi) is 15.5. The second-order valence-electron chi connectivity index (χ2n) is 21.1. The summed E-state index contributed by atoms with van der Waals surface area (Å²) in [6, 6.07) is 64.0. The first-order chi connectivity index (χ1) is 39.1. The molecule has 0 radical (unpaired) electrons. The summed E-state index contributed by atoms with van der Waals surface area (Å²) in [6.07, 6.45) is 12.0. The quantitative estimate of drug-likeness (QED) is 0.0658. The minimum Gasteiger partial charge on any atom is -0.871 e. The largest absolute Gasteiger partial charge is 0.871 e. The maximum Gasteiger partial charge on any atom is 0.227 e. The number of unbranched alkanes of at least 4 members (excludes halogenated alkanes) is 2. The number of amides is 2. The van der Waals surface area contributed by atoms with Crippen molar-refractivity contribution in [2.24, 2.45) is 11.8 Å². The molecule has 9 aromatic carbocycles. The van der Waals surface area contributed by atoms with Crippen LogP contribution in [0.1, 0.15) is 84.6 Å². The van der Waals surface area contributed by atoms with Gasteiger partial charge in [0.15, 0.2) is 5.78 Å². The van der Waals surface area contributed by atoms with Crippen LogP contribution in [0.15, 0.2) is 229 Å². The summed E-state index contributed by atoms with van der Waals surface area (Å²) in [7, 11) is 0. The fourth-order valence-corrected chi connectivity index (χ4v) is 11.4. The number of anilines is 4. The van der Waals surface area contributed by atoms with E-state index in [0.29, 0.717) is 48.2 Å². The van der Waals surface area contributed by atoms with Crippen LogP contribution in [0, 0.1) is 11.8 Å². The summed E-state index contributed by atoms with van der Waals surface area (Å²) >= 11 is 0. The number of nitrogens with zero attached hydrogens (tertiary/aromatic N) is 2. The summed E-state index contributed by atoms with van der Waals surface area (Å²) in [4.78, 5) is 46.3. The normalized spacial score (nSPS) is 15.0. The van der Waals surface area contributed by atoms with Crippen molar-refractivity contribution in [1.29, 1.82) is 0 Å². The van der Waals surface area contributed by atoms with Gasteiger partial charge >= 0.3 is 0 Å². The molecule has 0 spiro atoms. The van der Waals surface area contributed by atoms with E-state index in [1.54, 1.807) is 12.1 Å². The van der Waals surface area contributed by atoms with E-state index in [0.717, 1.165) is 103 Å². The Morgan fingerprint density at radius 2 is 0.938 bits per heavy atom. The highest BCUT2D eigenvalue weighted by Gasteiger charge is 2.36. The molecule has 11 rings (SSSR count). The SMILES string of the molecule is CCCCC(CC)C(=O)NC1=CC(=[N+](c2ccc3ccccc3c2)c2ccc3ccccc3c2)C=CC1=C1C(=O)C(c2ccc(N(c3ccc4ccccc4c3)c3ccc4ccccc4c3)cc2NC(=O)C(CC)CCCC)=C1[O-]. The van der Waals surface area contributed by atoms with E-state index < -0.39 is 11.5 Å². The Labute approximate surface area is 468 Å². The van der Waals surface area contributed by atoms with Crippen LogP contribution in [0.5, 0.6) is 0 Å². The van der Waals surface area contributed by atoms with Gasteiger partial charge in [0.1, 0.15) is 0 Å². The Balaban J connectivity index is 1.07. The van der Waals surface area contributed by atoms with Gasteiger partial charge in [0.2, 0.25) is 28.9 Å². The monoisotopic (exact) mass is 1050 g/mol. The molecular weight excluding hydrogens is 985 g/mol. The van der Waals surface area contributed by atoms with E-state index >= 15 is 9.90 Å². The average molecular weight is 1050 g/mol. The van der Waals surface area contributed by atoms with Crippen LogP contribution in [0.2, 0.25) is 0 Å². The van der Waals surface area contributed by atoms with Gasteiger partial charge in [-0.3, -0.25) is 14.4 Å². The molecule has 0 aliphatic heterocycles. The number of Topliss-reactive ketones (excluding diaryl/α,β-unsaturated/α-hetero) is 1. The molecule has 9 aromatic rings. The van der Waals surface area contributed by atoms with Gasteiger partial charge in [-0.2, -0.15) is 4.58 Å². The molecular formula is C72H66N4O4. The van der Waals surface area contributed by atoms with Crippen molar-refractivity contribution < 1.29 is 19.5 Å². The van der Waals surface area contributed by atoms with Gasteiger partial charge in [-0.25, -0.2) is 0 Å². The zero-order valence-corrected chi connectivity index (χ0v) is 46.0. The first-order valence-corrected chi connectivity index (χ1v) is 28.4.